The Labute approximate surface area is 153 Å². The average molecular weight is 425 g/mol. The molecule has 4 rings (SSSR count). The van der Waals surface area contributed by atoms with Crippen molar-refractivity contribution in [3.8, 4) is 11.4 Å². The molecule has 3 aromatic carbocycles. The minimum atomic E-state index is 0.451. The van der Waals surface area contributed by atoms with Crippen LogP contribution in [0.15, 0.2) is 72.8 Å². The molecule has 0 aliphatic rings. The van der Waals surface area contributed by atoms with Crippen molar-refractivity contribution in [1.82, 2.24) is 9.13 Å². The Kier molecular flexibility index (Phi) is 3.76. The van der Waals surface area contributed by atoms with Crippen LogP contribution < -0.4 is 5.62 Å². The van der Waals surface area contributed by atoms with E-state index in [0.29, 0.717) is 5.62 Å². The fraction of sp³-hybridized carbons (Fsp3) is 0.0500. The SMILES string of the molecule is Cc1ccccc1-n1c(=N)n(-c2cccc(I)c2)c2ccccc21. The van der Waals surface area contributed by atoms with Crippen LogP contribution in [-0.4, -0.2) is 9.13 Å². The largest absolute Gasteiger partial charge is 0.279 e. The summed E-state index contributed by atoms with van der Waals surface area (Å²) >= 11 is 2.31. The van der Waals surface area contributed by atoms with E-state index in [9.17, 15) is 0 Å². The van der Waals surface area contributed by atoms with Gasteiger partial charge in [-0.05, 0) is 71.5 Å². The first kappa shape index (κ1) is 15.2. The first-order valence-corrected chi connectivity index (χ1v) is 8.84. The molecule has 0 saturated carbocycles. The van der Waals surface area contributed by atoms with Crippen molar-refractivity contribution in [3.63, 3.8) is 0 Å². The predicted octanol–water partition coefficient (Wildman–Crippen LogP) is 4.81. The lowest BCUT2D eigenvalue weighted by Crippen LogP contribution is -2.22. The summed E-state index contributed by atoms with van der Waals surface area (Å²) in [6, 6.07) is 24.6. The Morgan fingerprint density at radius 3 is 2.17 bits per heavy atom. The van der Waals surface area contributed by atoms with Gasteiger partial charge in [-0.15, -0.1) is 0 Å². The zero-order chi connectivity index (χ0) is 16.7. The maximum absolute atomic E-state index is 8.84. The zero-order valence-corrected chi connectivity index (χ0v) is 15.4. The van der Waals surface area contributed by atoms with E-state index >= 15 is 0 Å². The maximum atomic E-state index is 8.84. The summed E-state index contributed by atoms with van der Waals surface area (Å²) in [5, 5.41) is 8.84. The van der Waals surface area contributed by atoms with E-state index in [4.69, 9.17) is 5.41 Å². The maximum Gasteiger partial charge on any atom is 0.212 e. The first-order chi connectivity index (χ1) is 11.7. The smallest absolute Gasteiger partial charge is 0.212 e. The monoisotopic (exact) mass is 425 g/mol. The fourth-order valence-electron chi connectivity index (χ4n) is 3.11. The van der Waals surface area contributed by atoms with Crippen LogP contribution in [0.1, 0.15) is 5.56 Å². The average Bonchev–Trinajstić information content (AvgIpc) is 2.87. The van der Waals surface area contributed by atoms with Crippen molar-refractivity contribution in [2.45, 2.75) is 6.92 Å². The predicted molar refractivity (Wildman–Crippen MR) is 106 cm³/mol. The van der Waals surface area contributed by atoms with Crippen molar-refractivity contribution in [2.75, 3.05) is 0 Å². The Hall–Kier alpha value is -2.34. The van der Waals surface area contributed by atoms with Gasteiger partial charge in [-0.2, -0.15) is 0 Å². The van der Waals surface area contributed by atoms with Gasteiger partial charge >= 0.3 is 0 Å². The number of nitrogens with one attached hydrogen (secondary N) is 1. The second kappa shape index (κ2) is 5.94. The number of aromatic nitrogens is 2. The highest BCUT2D eigenvalue weighted by atomic mass is 127. The van der Waals surface area contributed by atoms with E-state index in [1.54, 1.807) is 0 Å². The zero-order valence-electron chi connectivity index (χ0n) is 13.2. The number of hydrogen-bond acceptors (Lipinski definition) is 1. The van der Waals surface area contributed by atoms with Gasteiger partial charge in [0.2, 0.25) is 5.62 Å². The summed E-state index contributed by atoms with van der Waals surface area (Å²) in [6.45, 7) is 2.08. The molecule has 4 heteroatoms. The number of benzene rings is 3. The van der Waals surface area contributed by atoms with E-state index in [-0.39, 0.29) is 0 Å². The molecule has 0 atom stereocenters. The number of nitrogens with zero attached hydrogens (tertiary/aromatic N) is 2. The number of rotatable bonds is 2. The lowest BCUT2D eigenvalue weighted by Gasteiger charge is -2.08. The van der Waals surface area contributed by atoms with E-state index < -0.39 is 0 Å². The van der Waals surface area contributed by atoms with Crippen LogP contribution in [0.4, 0.5) is 0 Å². The highest BCUT2D eigenvalue weighted by Crippen LogP contribution is 2.23. The van der Waals surface area contributed by atoms with E-state index in [1.165, 1.54) is 0 Å². The molecule has 0 bridgehead atoms. The number of imidazole rings is 1. The summed E-state index contributed by atoms with van der Waals surface area (Å²) in [4.78, 5) is 0. The van der Waals surface area contributed by atoms with E-state index in [0.717, 1.165) is 31.5 Å². The van der Waals surface area contributed by atoms with Crippen LogP contribution in [0.2, 0.25) is 0 Å². The summed E-state index contributed by atoms with van der Waals surface area (Å²) in [5.74, 6) is 0. The molecule has 0 aliphatic heterocycles. The van der Waals surface area contributed by atoms with Crippen LogP contribution >= 0.6 is 22.6 Å². The molecule has 118 valence electrons. The van der Waals surface area contributed by atoms with Gasteiger partial charge in [0.05, 0.1) is 22.4 Å². The highest BCUT2D eigenvalue weighted by molar-refractivity contribution is 14.1. The first-order valence-electron chi connectivity index (χ1n) is 7.76. The van der Waals surface area contributed by atoms with Gasteiger partial charge < -0.3 is 0 Å². The number of para-hydroxylation sites is 3. The third-order valence-corrected chi connectivity index (χ3v) is 4.88. The number of halogens is 1. The number of fused-ring (bicyclic) bond motifs is 1. The van der Waals surface area contributed by atoms with Gasteiger partial charge in [0.1, 0.15) is 0 Å². The molecule has 1 N–H and O–H groups in total. The van der Waals surface area contributed by atoms with E-state index in [2.05, 4.69) is 72.0 Å². The van der Waals surface area contributed by atoms with Crippen LogP contribution in [0.3, 0.4) is 0 Å². The molecule has 24 heavy (non-hydrogen) atoms. The molecule has 4 aromatic rings. The Bertz CT molecular complexity index is 1110. The van der Waals surface area contributed by atoms with Gasteiger partial charge in [0.25, 0.3) is 0 Å². The van der Waals surface area contributed by atoms with Crippen LogP contribution in [-0.2, 0) is 0 Å². The quantitative estimate of drug-likeness (QED) is 0.448. The molecule has 0 unspecified atom stereocenters. The second-order valence-corrected chi connectivity index (χ2v) is 7.00. The lowest BCUT2D eigenvalue weighted by atomic mass is 10.2. The van der Waals surface area contributed by atoms with E-state index in [1.807, 2.05) is 39.5 Å². The van der Waals surface area contributed by atoms with Crippen LogP contribution in [0, 0.1) is 15.9 Å². The molecule has 3 nitrogen and oxygen atoms in total. The summed E-state index contributed by atoms with van der Waals surface area (Å²) < 4.78 is 5.18. The molecular weight excluding hydrogens is 409 g/mol. The normalized spacial score (nSPS) is 11.1. The van der Waals surface area contributed by atoms with Gasteiger partial charge in [0, 0.05) is 3.57 Å². The van der Waals surface area contributed by atoms with Gasteiger partial charge in [-0.25, -0.2) is 0 Å². The van der Waals surface area contributed by atoms with Gasteiger partial charge in [-0.3, -0.25) is 14.5 Å². The fourth-order valence-corrected chi connectivity index (χ4v) is 3.63. The molecule has 0 amide bonds. The summed E-state index contributed by atoms with van der Waals surface area (Å²) in [6.07, 6.45) is 0. The summed E-state index contributed by atoms with van der Waals surface area (Å²) in [7, 11) is 0. The van der Waals surface area contributed by atoms with Gasteiger partial charge in [-0.1, -0.05) is 36.4 Å². The molecule has 0 spiro atoms. The molecule has 0 radical (unpaired) electrons. The molecule has 0 saturated heterocycles. The van der Waals surface area contributed by atoms with Crippen LogP contribution in [0.5, 0.6) is 0 Å². The lowest BCUT2D eigenvalue weighted by molar-refractivity contribution is 0.851. The Morgan fingerprint density at radius 1 is 0.792 bits per heavy atom. The number of aryl methyl sites for hydroxylation is 1. The molecule has 1 heterocycles. The molecule has 1 aromatic heterocycles. The topological polar surface area (TPSA) is 33.7 Å². The van der Waals surface area contributed by atoms with Crippen LogP contribution in [0.25, 0.3) is 22.4 Å². The van der Waals surface area contributed by atoms with Crippen molar-refractivity contribution >= 4 is 33.6 Å². The molecular formula is C20H16IN3. The third-order valence-electron chi connectivity index (χ3n) is 4.21. The van der Waals surface area contributed by atoms with Crippen molar-refractivity contribution in [2.24, 2.45) is 0 Å². The Balaban J connectivity index is 2.13. The van der Waals surface area contributed by atoms with Crippen molar-refractivity contribution < 1.29 is 0 Å². The van der Waals surface area contributed by atoms with Crippen molar-refractivity contribution in [3.05, 3.63) is 87.5 Å². The third kappa shape index (κ3) is 2.38. The minimum Gasteiger partial charge on any atom is -0.279 e. The van der Waals surface area contributed by atoms with Gasteiger partial charge in [0.15, 0.2) is 0 Å². The number of hydrogen-bond donors (Lipinski definition) is 1. The molecule has 0 aliphatic carbocycles. The highest BCUT2D eigenvalue weighted by Gasteiger charge is 2.14. The second-order valence-electron chi connectivity index (χ2n) is 5.75. The Morgan fingerprint density at radius 2 is 1.46 bits per heavy atom. The van der Waals surface area contributed by atoms with Crippen molar-refractivity contribution in [1.29, 1.82) is 5.41 Å². The molecule has 0 fully saturated rings. The minimum absolute atomic E-state index is 0.451. The summed E-state index contributed by atoms with van der Waals surface area (Å²) in [5.41, 5.74) is 5.73. The standard InChI is InChI=1S/C20H16IN3/c1-14-7-2-3-10-17(14)24-19-12-5-4-11-18(19)23(20(24)22)16-9-6-8-15(21)13-16/h2-13,22H,1H3.